The summed E-state index contributed by atoms with van der Waals surface area (Å²) in [6.45, 7) is 6.19. The van der Waals surface area contributed by atoms with E-state index >= 15 is 0 Å². The van der Waals surface area contributed by atoms with Crippen LogP contribution >= 0.6 is 0 Å². The highest BCUT2D eigenvalue weighted by Gasteiger charge is 2.13. The first-order chi connectivity index (χ1) is 5.11. The van der Waals surface area contributed by atoms with Gasteiger partial charge in [0.05, 0.1) is 7.11 Å². The average Bonchev–Trinajstić information content (AvgIpc) is 1.99. The second kappa shape index (κ2) is 4.99. The van der Waals surface area contributed by atoms with Crippen LogP contribution in [0, 0.1) is 5.92 Å². The van der Waals surface area contributed by atoms with Crippen molar-refractivity contribution in [1.82, 2.24) is 5.32 Å². The number of carbonyl (C=O) groups excluding carboxylic acids is 1. The highest BCUT2D eigenvalue weighted by molar-refractivity contribution is 5.67. The summed E-state index contributed by atoms with van der Waals surface area (Å²) in [6, 6.07) is 0.224. The number of amides is 1. The van der Waals surface area contributed by atoms with Crippen molar-refractivity contribution in [3.63, 3.8) is 0 Å². The number of hydrogen-bond acceptors (Lipinski definition) is 2. The van der Waals surface area contributed by atoms with E-state index in [1.807, 2.05) is 6.92 Å². The molecule has 1 atom stereocenters. The third-order valence-corrected chi connectivity index (χ3v) is 1.73. The molecule has 0 aromatic heterocycles. The van der Waals surface area contributed by atoms with Crippen molar-refractivity contribution in [1.29, 1.82) is 0 Å². The molecule has 0 aliphatic heterocycles. The van der Waals surface area contributed by atoms with Crippen LogP contribution in [0.5, 0.6) is 0 Å². The molecule has 0 aromatic rings. The van der Waals surface area contributed by atoms with Gasteiger partial charge >= 0.3 is 6.09 Å². The topological polar surface area (TPSA) is 38.3 Å². The molecule has 0 spiro atoms. The zero-order valence-electron chi connectivity index (χ0n) is 7.68. The minimum Gasteiger partial charge on any atom is -0.453 e. The Kier molecular flexibility index (Phi) is 4.66. The summed E-state index contributed by atoms with van der Waals surface area (Å²) >= 11 is 0. The van der Waals surface area contributed by atoms with E-state index in [-0.39, 0.29) is 12.1 Å². The molecule has 66 valence electrons. The Morgan fingerprint density at radius 2 is 2.09 bits per heavy atom. The smallest absolute Gasteiger partial charge is 0.407 e. The Morgan fingerprint density at radius 1 is 1.55 bits per heavy atom. The lowest BCUT2D eigenvalue weighted by Crippen LogP contribution is -2.37. The summed E-state index contributed by atoms with van der Waals surface area (Å²) in [4.78, 5) is 10.8. The number of alkyl carbamates (subject to hydrolysis) is 1. The first-order valence-electron chi connectivity index (χ1n) is 3.96. The van der Waals surface area contributed by atoms with Gasteiger partial charge in [-0.05, 0) is 12.3 Å². The lowest BCUT2D eigenvalue weighted by Gasteiger charge is -2.19. The SMILES string of the molecule is CCC(NC(=O)OC)C(C)C. The zero-order valence-corrected chi connectivity index (χ0v) is 7.68. The van der Waals surface area contributed by atoms with E-state index in [4.69, 9.17) is 0 Å². The second-order valence-corrected chi connectivity index (χ2v) is 2.89. The van der Waals surface area contributed by atoms with E-state index in [1.54, 1.807) is 0 Å². The van der Waals surface area contributed by atoms with E-state index in [0.717, 1.165) is 6.42 Å². The summed E-state index contributed by atoms with van der Waals surface area (Å²) in [5.74, 6) is 0.457. The van der Waals surface area contributed by atoms with Crippen molar-refractivity contribution in [3.05, 3.63) is 0 Å². The van der Waals surface area contributed by atoms with Gasteiger partial charge in [0.1, 0.15) is 0 Å². The first kappa shape index (κ1) is 10.3. The molecule has 0 radical (unpaired) electrons. The highest BCUT2D eigenvalue weighted by Crippen LogP contribution is 2.04. The molecule has 0 fully saturated rings. The quantitative estimate of drug-likeness (QED) is 0.681. The van der Waals surface area contributed by atoms with Crippen molar-refractivity contribution < 1.29 is 9.53 Å². The maximum Gasteiger partial charge on any atom is 0.407 e. The van der Waals surface area contributed by atoms with Gasteiger partial charge in [-0.15, -0.1) is 0 Å². The maximum atomic E-state index is 10.8. The Bertz CT molecular complexity index is 123. The maximum absolute atomic E-state index is 10.8. The van der Waals surface area contributed by atoms with Crippen molar-refractivity contribution in [2.75, 3.05) is 7.11 Å². The van der Waals surface area contributed by atoms with Crippen LogP contribution < -0.4 is 5.32 Å². The minimum atomic E-state index is -0.342. The van der Waals surface area contributed by atoms with E-state index in [9.17, 15) is 4.79 Å². The number of nitrogens with one attached hydrogen (secondary N) is 1. The molecular weight excluding hydrogens is 142 g/mol. The van der Waals surface area contributed by atoms with Crippen LogP contribution in [0.25, 0.3) is 0 Å². The van der Waals surface area contributed by atoms with Crippen LogP contribution in [-0.2, 0) is 4.74 Å². The molecule has 0 aliphatic carbocycles. The van der Waals surface area contributed by atoms with E-state index < -0.39 is 0 Å². The van der Waals surface area contributed by atoms with Crippen LogP contribution in [0.2, 0.25) is 0 Å². The summed E-state index contributed by atoms with van der Waals surface area (Å²) in [7, 11) is 1.38. The van der Waals surface area contributed by atoms with Crippen molar-refractivity contribution >= 4 is 6.09 Å². The fourth-order valence-corrected chi connectivity index (χ4v) is 0.950. The minimum absolute atomic E-state index is 0.224. The molecule has 0 rings (SSSR count). The lowest BCUT2D eigenvalue weighted by molar-refractivity contribution is 0.162. The van der Waals surface area contributed by atoms with Crippen molar-refractivity contribution in [3.8, 4) is 0 Å². The molecule has 3 nitrogen and oxygen atoms in total. The lowest BCUT2D eigenvalue weighted by atomic mass is 10.0. The molecule has 0 bridgehead atoms. The predicted octanol–water partition coefficient (Wildman–Crippen LogP) is 1.78. The highest BCUT2D eigenvalue weighted by atomic mass is 16.5. The molecule has 0 aliphatic rings. The van der Waals surface area contributed by atoms with Gasteiger partial charge in [-0.3, -0.25) is 0 Å². The molecule has 0 heterocycles. The van der Waals surface area contributed by atoms with E-state index in [0.29, 0.717) is 5.92 Å². The molecule has 0 aromatic carbocycles. The van der Waals surface area contributed by atoms with Crippen LogP contribution in [0.4, 0.5) is 4.79 Å². The molecule has 1 N–H and O–H groups in total. The van der Waals surface area contributed by atoms with Gasteiger partial charge in [-0.25, -0.2) is 4.79 Å². The van der Waals surface area contributed by atoms with Gasteiger partial charge in [0.2, 0.25) is 0 Å². The van der Waals surface area contributed by atoms with Crippen LogP contribution in [0.15, 0.2) is 0 Å². The Balaban J connectivity index is 3.78. The number of rotatable bonds is 3. The summed E-state index contributed by atoms with van der Waals surface area (Å²) in [5, 5.41) is 2.75. The summed E-state index contributed by atoms with van der Waals surface area (Å²) in [6.07, 6.45) is 0.595. The zero-order chi connectivity index (χ0) is 8.85. The number of hydrogen-bond donors (Lipinski definition) is 1. The second-order valence-electron chi connectivity index (χ2n) is 2.89. The average molecular weight is 159 g/mol. The first-order valence-corrected chi connectivity index (χ1v) is 3.96. The van der Waals surface area contributed by atoms with Crippen LogP contribution in [0.1, 0.15) is 27.2 Å². The van der Waals surface area contributed by atoms with Gasteiger partial charge in [0, 0.05) is 6.04 Å². The van der Waals surface area contributed by atoms with Gasteiger partial charge in [0.25, 0.3) is 0 Å². The predicted molar refractivity (Wildman–Crippen MR) is 44.5 cm³/mol. The van der Waals surface area contributed by atoms with Crippen LogP contribution in [-0.4, -0.2) is 19.2 Å². The number of ether oxygens (including phenoxy) is 1. The van der Waals surface area contributed by atoms with E-state index in [2.05, 4.69) is 23.9 Å². The van der Waals surface area contributed by atoms with Gasteiger partial charge in [0.15, 0.2) is 0 Å². The summed E-state index contributed by atoms with van der Waals surface area (Å²) < 4.78 is 4.48. The third kappa shape index (κ3) is 3.86. The van der Waals surface area contributed by atoms with Crippen LogP contribution in [0.3, 0.4) is 0 Å². The number of methoxy groups -OCH3 is 1. The summed E-state index contributed by atoms with van der Waals surface area (Å²) in [5.41, 5.74) is 0. The molecule has 0 saturated heterocycles. The van der Waals surface area contributed by atoms with Gasteiger partial charge in [-0.1, -0.05) is 20.8 Å². The van der Waals surface area contributed by atoms with E-state index in [1.165, 1.54) is 7.11 Å². The molecule has 3 heteroatoms. The third-order valence-electron chi connectivity index (χ3n) is 1.73. The van der Waals surface area contributed by atoms with Crippen molar-refractivity contribution in [2.24, 2.45) is 5.92 Å². The largest absolute Gasteiger partial charge is 0.453 e. The number of carbonyl (C=O) groups is 1. The monoisotopic (exact) mass is 159 g/mol. The van der Waals surface area contributed by atoms with Crippen molar-refractivity contribution in [2.45, 2.75) is 33.2 Å². The Hall–Kier alpha value is -0.730. The van der Waals surface area contributed by atoms with Gasteiger partial charge < -0.3 is 10.1 Å². The molecule has 1 unspecified atom stereocenters. The van der Waals surface area contributed by atoms with Gasteiger partial charge in [-0.2, -0.15) is 0 Å². The standard InChI is InChI=1S/C8H17NO2/c1-5-7(6(2)3)9-8(10)11-4/h6-7H,5H2,1-4H3,(H,9,10). The Labute approximate surface area is 68.1 Å². The Morgan fingerprint density at radius 3 is 2.36 bits per heavy atom. The normalized spacial score (nSPS) is 12.8. The molecule has 11 heavy (non-hydrogen) atoms. The fourth-order valence-electron chi connectivity index (χ4n) is 0.950. The fraction of sp³-hybridized carbons (Fsp3) is 0.875. The molecule has 1 amide bonds. The molecular formula is C8H17NO2. The molecule has 0 saturated carbocycles.